The van der Waals surface area contributed by atoms with Crippen molar-refractivity contribution < 1.29 is 0 Å². The predicted octanol–water partition coefficient (Wildman–Crippen LogP) is 2.79. The Kier molecular flexibility index (Phi) is 5.96. The molecule has 1 aromatic carbocycles. The molecule has 7 heteroatoms. The van der Waals surface area contributed by atoms with E-state index < -0.39 is 0 Å². The third-order valence-corrected chi connectivity index (χ3v) is 6.71. The molecule has 1 unspecified atom stereocenters. The Hall–Kier alpha value is -2.59. The molecule has 2 fully saturated rings. The summed E-state index contributed by atoms with van der Waals surface area (Å²) in [4.78, 5) is 32.1. The summed E-state index contributed by atoms with van der Waals surface area (Å²) in [5.41, 5.74) is 2.40. The third kappa shape index (κ3) is 4.01. The van der Waals surface area contributed by atoms with E-state index >= 15 is 0 Å². The van der Waals surface area contributed by atoms with Crippen LogP contribution in [0.5, 0.6) is 0 Å². The number of anilines is 1. The van der Waals surface area contributed by atoms with Crippen LogP contribution < -0.4 is 16.1 Å². The fraction of sp³-hybridized carbons (Fsp3) is 0.609. The molecule has 2 aromatic rings. The number of nitrogens with one attached hydrogen (secondary N) is 1. The lowest BCUT2D eigenvalue weighted by Gasteiger charge is -2.24. The van der Waals surface area contributed by atoms with Gasteiger partial charge in [-0.05, 0) is 69.3 Å². The Morgan fingerprint density at radius 3 is 2.73 bits per heavy atom. The van der Waals surface area contributed by atoms with Crippen LogP contribution in [0.2, 0.25) is 0 Å². The predicted molar refractivity (Wildman–Crippen MR) is 119 cm³/mol. The zero-order valence-electron chi connectivity index (χ0n) is 18.0. The van der Waals surface area contributed by atoms with Gasteiger partial charge < -0.3 is 9.80 Å². The zero-order valence-corrected chi connectivity index (χ0v) is 18.0. The van der Waals surface area contributed by atoms with Gasteiger partial charge in [0, 0.05) is 37.8 Å². The van der Waals surface area contributed by atoms with Crippen LogP contribution in [0.3, 0.4) is 0 Å². The molecule has 1 aliphatic heterocycles. The standard InChI is InChI=1S/C23H31N5O2/c1-3-26(12-4-11-24)13-9-17-10-14-27(15-17)20-8-7-19-21(16(20)2)28(18-5-6-18)23(30)25-22(19)29/h7-8,17-18H,3-6,9-10,12-15H2,1-2H3,(H,25,29,30). The van der Waals surface area contributed by atoms with Crippen LogP contribution in [-0.4, -0.2) is 47.2 Å². The molecule has 1 saturated heterocycles. The number of fused-ring (bicyclic) bond motifs is 1. The van der Waals surface area contributed by atoms with E-state index in [1.165, 1.54) is 0 Å². The quantitative estimate of drug-likeness (QED) is 0.725. The van der Waals surface area contributed by atoms with E-state index in [0.29, 0.717) is 17.7 Å². The van der Waals surface area contributed by atoms with E-state index in [9.17, 15) is 9.59 Å². The third-order valence-electron chi connectivity index (χ3n) is 6.71. The van der Waals surface area contributed by atoms with E-state index in [1.54, 1.807) is 4.57 Å². The summed E-state index contributed by atoms with van der Waals surface area (Å²) >= 11 is 0. The summed E-state index contributed by atoms with van der Waals surface area (Å²) in [7, 11) is 0. The van der Waals surface area contributed by atoms with Gasteiger partial charge in [0.15, 0.2) is 0 Å². The van der Waals surface area contributed by atoms with Crippen LogP contribution in [0.1, 0.15) is 50.6 Å². The highest BCUT2D eigenvalue weighted by atomic mass is 16.2. The van der Waals surface area contributed by atoms with Gasteiger partial charge in [0.2, 0.25) is 0 Å². The van der Waals surface area contributed by atoms with Crippen LogP contribution in [0.15, 0.2) is 21.7 Å². The van der Waals surface area contributed by atoms with Gasteiger partial charge in [-0.15, -0.1) is 0 Å². The number of nitriles is 1. The van der Waals surface area contributed by atoms with Crippen LogP contribution >= 0.6 is 0 Å². The number of aromatic amines is 1. The largest absolute Gasteiger partial charge is 0.371 e. The molecule has 1 aliphatic carbocycles. The molecule has 160 valence electrons. The highest BCUT2D eigenvalue weighted by molar-refractivity contribution is 5.86. The maximum atomic E-state index is 12.5. The lowest BCUT2D eigenvalue weighted by atomic mass is 10.0. The van der Waals surface area contributed by atoms with Crippen molar-refractivity contribution in [2.45, 2.75) is 52.0 Å². The van der Waals surface area contributed by atoms with Crippen LogP contribution in [0, 0.1) is 24.2 Å². The summed E-state index contributed by atoms with van der Waals surface area (Å²) < 4.78 is 1.80. The van der Waals surface area contributed by atoms with E-state index in [2.05, 4.69) is 27.8 Å². The van der Waals surface area contributed by atoms with Gasteiger partial charge in [0.05, 0.1) is 17.0 Å². The maximum Gasteiger partial charge on any atom is 0.329 e. The topological polar surface area (TPSA) is 85.1 Å². The second kappa shape index (κ2) is 8.65. The first-order chi connectivity index (χ1) is 14.5. The van der Waals surface area contributed by atoms with Gasteiger partial charge >= 0.3 is 5.69 Å². The lowest BCUT2D eigenvalue weighted by molar-refractivity contribution is 0.272. The minimum Gasteiger partial charge on any atom is -0.371 e. The van der Waals surface area contributed by atoms with Gasteiger partial charge in [-0.3, -0.25) is 14.3 Å². The summed E-state index contributed by atoms with van der Waals surface area (Å²) in [6.07, 6.45) is 4.86. The molecule has 1 saturated carbocycles. The first kappa shape index (κ1) is 20.7. The number of benzene rings is 1. The smallest absolute Gasteiger partial charge is 0.329 e. The summed E-state index contributed by atoms with van der Waals surface area (Å²) in [6, 6.07) is 6.37. The molecule has 0 amide bonds. The summed E-state index contributed by atoms with van der Waals surface area (Å²) in [5, 5.41) is 9.42. The van der Waals surface area contributed by atoms with Gasteiger partial charge in [0.1, 0.15) is 0 Å². The average molecular weight is 410 g/mol. The number of rotatable bonds is 8. The highest BCUT2D eigenvalue weighted by Crippen LogP contribution is 2.38. The van der Waals surface area contributed by atoms with Gasteiger partial charge in [-0.2, -0.15) is 5.26 Å². The Labute approximate surface area is 176 Å². The van der Waals surface area contributed by atoms with Crippen molar-refractivity contribution in [1.29, 1.82) is 5.26 Å². The molecule has 7 nitrogen and oxygen atoms in total. The van der Waals surface area contributed by atoms with E-state index in [4.69, 9.17) is 5.26 Å². The Bertz CT molecular complexity index is 1080. The first-order valence-corrected chi connectivity index (χ1v) is 11.2. The van der Waals surface area contributed by atoms with Crippen molar-refractivity contribution in [3.8, 4) is 6.07 Å². The van der Waals surface area contributed by atoms with Crippen molar-refractivity contribution in [2.75, 3.05) is 37.6 Å². The number of hydrogen-bond acceptors (Lipinski definition) is 5. The number of hydrogen-bond donors (Lipinski definition) is 1. The summed E-state index contributed by atoms with van der Waals surface area (Å²) in [5.74, 6) is 0.626. The fourth-order valence-electron chi connectivity index (χ4n) is 4.82. The van der Waals surface area contributed by atoms with E-state index in [1.807, 2.05) is 19.1 Å². The second-order valence-corrected chi connectivity index (χ2v) is 8.70. The highest BCUT2D eigenvalue weighted by Gasteiger charge is 2.29. The Morgan fingerprint density at radius 2 is 2.03 bits per heavy atom. The molecule has 0 spiro atoms. The molecule has 1 N–H and O–H groups in total. The summed E-state index contributed by atoms with van der Waals surface area (Å²) in [6.45, 7) is 9.05. The van der Waals surface area contributed by atoms with Crippen LogP contribution in [-0.2, 0) is 0 Å². The minimum atomic E-state index is -0.294. The maximum absolute atomic E-state index is 12.5. The molecule has 4 rings (SSSR count). The molecule has 30 heavy (non-hydrogen) atoms. The zero-order chi connectivity index (χ0) is 21.3. The SMILES string of the molecule is CCN(CCC#N)CCC1CCN(c2ccc3c(=O)[nH]c(=O)n(C4CC4)c3c2C)C1. The molecular formula is C23H31N5O2. The molecule has 0 radical (unpaired) electrons. The molecule has 2 heterocycles. The monoisotopic (exact) mass is 409 g/mol. The van der Waals surface area contributed by atoms with Gasteiger partial charge in [0.25, 0.3) is 5.56 Å². The van der Waals surface area contributed by atoms with Crippen molar-refractivity contribution in [3.05, 3.63) is 38.5 Å². The van der Waals surface area contributed by atoms with Crippen molar-refractivity contribution in [3.63, 3.8) is 0 Å². The van der Waals surface area contributed by atoms with Gasteiger partial charge in [-0.1, -0.05) is 6.92 Å². The van der Waals surface area contributed by atoms with Gasteiger partial charge in [-0.25, -0.2) is 4.79 Å². The van der Waals surface area contributed by atoms with Crippen molar-refractivity contribution in [2.24, 2.45) is 5.92 Å². The van der Waals surface area contributed by atoms with E-state index in [-0.39, 0.29) is 17.3 Å². The van der Waals surface area contributed by atoms with Crippen molar-refractivity contribution in [1.82, 2.24) is 14.5 Å². The van der Waals surface area contributed by atoms with Crippen LogP contribution in [0.4, 0.5) is 5.69 Å². The lowest BCUT2D eigenvalue weighted by Crippen LogP contribution is -2.31. The normalized spacial score (nSPS) is 19.0. The number of aryl methyl sites for hydroxylation is 1. The van der Waals surface area contributed by atoms with Crippen LogP contribution in [0.25, 0.3) is 10.9 Å². The molecule has 1 atom stereocenters. The van der Waals surface area contributed by atoms with Crippen molar-refractivity contribution >= 4 is 16.6 Å². The minimum absolute atomic E-state index is 0.213. The Balaban J connectivity index is 1.54. The van der Waals surface area contributed by atoms with E-state index in [0.717, 1.165) is 75.2 Å². The Morgan fingerprint density at radius 1 is 1.23 bits per heavy atom. The second-order valence-electron chi connectivity index (χ2n) is 8.70. The number of H-pyrrole nitrogens is 1. The molecule has 0 bridgehead atoms. The number of aromatic nitrogens is 2. The first-order valence-electron chi connectivity index (χ1n) is 11.2. The molecule has 2 aliphatic rings. The fourth-order valence-corrected chi connectivity index (χ4v) is 4.82. The molecular weight excluding hydrogens is 378 g/mol. The molecule has 1 aromatic heterocycles. The number of nitrogens with zero attached hydrogens (tertiary/aromatic N) is 4. The average Bonchev–Trinajstić information content (AvgIpc) is 3.46.